The highest BCUT2D eigenvalue weighted by Gasteiger charge is 2.41. The standard InChI is InChI=1S/C24H28F3N5O6/c1-15(37-16(2)33)9-7-8-12-31-21(34)19-20(30(3)23(31)36)29-18(13-28-38-22(35)24(25,26)27)32(19)14-17-10-5-4-6-11-17/h4-6,10-11,15,28H,7-9,12-14H2,1-3H3. The van der Waals surface area contributed by atoms with E-state index in [1.165, 1.54) is 23.1 Å². The predicted molar refractivity (Wildman–Crippen MR) is 129 cm³/mol. The van der Waals surface area contributed by atoms with E-state index in [9.17, 15) is 32.3 Å². The Kier molecular flexibility index (Phi) is 9.09. The van der Waals surface area contributed by atoms with E-state index in [4.69, 9.17) is 4.74 Å². The Balaban J connectivity index is 1.94. The van der Waals surface area contributed by atoms with Gasteiger partial charge >= 0.3 is 23.8 Å². The average Bonchev–Trinajstić information content (AvgIpc) is 3.20. The van der Waals surface area contributed by atoms with Crippen LogP contribution in [-0.2, 0) is 45.8 Å². The molecule has 1 atom stereocenters. The fourth-order valence-corrected chi connectivity index (χ4v) is 3.95. The number of hydrogen-bond donors (Lipinski definition) is 1. The van der Waals surface area contributed by atoms with Crippen LogP contribution in [0.2, 0.25) is 0 Å². The molecule has 0 aliphatic carbocycles. The molecular weight excluding hydrogens is 511 g/mol. The summed E-state index contributed by atoms with van der Waals surface area (Å²) in [7, 11) is 1.43. The first-order valence-corrected chi connectivity index (χ1v) is 11.8. The van der Waals surface area contributed by atoms with Crippen molar-refractivity contribution in [1.29, 1.82) is 0 Å². The smallest absolute Gasteiger partial charge is 0.463 e. The lowest BCUT2D eigenvalue weighted by molar-refractivity contribution is -0.207. The van der Waals surface area contributed by atoms with Crippen molar-refractivity contribution in [3.05, 3.63) is 62.6 Å². The number of aryl methyl sites for hydroxylation is 1. The van der Waals surface area contributed by atoms with Gasteiger partial charge < -0.3 is 14.1 Å². The van der Waals surface area contributed by atoms with Crippen molar-refractivity contribution >= 4 is 23.1 Å². The Morgan fingerprint density at radius 3 is 2.42 bits per heavy atom. The topological polar surface area (TPSA) is 126 Å². The first kappa shape index (κ1) is 28.6. The number of carbonyl (C=O) groups excluding carboxylic acids is 2. The maximum absolute atomic E-state index is 13.5. The van der Waals surface area contributed by atoms with Crippen LogP contribution < -0.4 is 16.7 Å². The average molecular weight is 540 g/mol. The number of esters is 1. The minimum atomic E-state index is -5.19. The molecule has 0 amide bonds. The van der Waals surface area contributed by atoms with Crippen LogP contribution in [0.5, 0.6) is 0 Å². The Labute approximate surface area is 214 Å². The molecule has 11 nitrogen and oxygen atoms in total. The van der Waals surface area contributed by atoms with Crippen molar-refractivity contribution < 1.29 is 32.3 Å². The second kappa shape index (κ2) is 12.1. The number of nitrogens with zero attached hydrogens (tertiary/aromatic N) is 4. The van der Waals surface area contributed by atoms with Gasteiger partial charge in [-0.05, 0) is 31.7 Å². The molecule has 3 aromatic rings. The molecule has 0 fully saturated rings. The number of halogens is 3. The number of carbonyl (C=O) groups is 2. The van der Waals surface area contributed by atoms with Crippen molar-refractivity contribution in [2.24, 2.45) is 7.05 Å². The molecule has 2 aromatic heterocycles. The number of rotatable bonds is 11. The third-order valence-corrected chi connectivity index (χ3v) is 5.73. The molecule has 0 saturated carbocycles. The van der Waals surface area contributed by atoms with Gasteiger partial charge in [0.05, 0.1) is 12.6 Å². The van der Waals surface area contributed by atoms with Gasteiger partial charge in [-0.1, -0.05) is 30.3 Å². The molecule has 0 radical (unpaired) electrons. The van der Waals surface area contributed by atoms with E-state index in [0.717, 1.165) is 10.1 Å². The largest absolute Gasteiger partial charge is 0.492 e. The van der Waals surface area contributed by atoms with E-state index >= 15 is 0 Å². The van der Waals surface area contributed by atoms with Gasteiger partial charge in [0.15, 0.2) is 11.2 Å². The summed E-state index contributed by atoms with van der Waals surface area (Å²) in [6.45, 7) is 2.83. The van der Waals surface area contributed by atoms with E-state index in [1.54, 1.807) is 37.3 Å². The van der Waals surface area contributed by atoms with Crippen LogP contribution in [0.25, 0.3) is 11.2 Å². The number of fused-ring (bicyclic) bond motifs is 1. The summed E-state index contributed by atoms with van der Waals surface area (Å²) in [5.41, 5.74) is 1.60. The predicted octanol–water partition coefficient (Wildman–Crippen LogP) is 2.18. The van der Waals surface area contributed by atoms with Crippen molar-refractivity contribution in [2.45, 2.75) is 65.0 Å². The number of imidazole rings is 1. The Bertz CT molecular complexity index is 1410. The van der Waals surface area contributed by atoms with E-state index in [1.807, 2.05) is 5.48 Å². The summed E-state index contributed by atoms with van der Waals surface area (Å²) in [6, 6.07) is 8.94. The van der Waals surface area contributed by atoms with Crippen molar-refractivity contribution in [1.82, 2.24) is 24.2 Å². The number of aromatic nitrogens is 4. The minimum absolute atomic E-state index is 0.0367. The minimum Gasteiger partial charge on any atom is -0.463 e. The SMILES string of the molecule is CC(=O)OC(C)CCCCn1c(=O)c2c(nc(CNOC(=O)C(F)(F)F)n2Cc2ccccc2)n(C)c1=O. The molecule has 1 N–H and O–H groups in total. The third-order valence-electron chi connectivity index (χ3n) is 5.73. The van der Waals surface area contributed by atoms with Gasteiger partial charge in [-0.3, -0.25) is 18.7 Å². The summed E-state index contributed by atoms with van der Waals surface area (Å²) >= 11 is 0. The van der Waals surface area contributed by atoms with E-state index in [2.05, 4.69) is 9.82 Å². The first-order valence-electron chi connectivity index (χ1n) is 11.8. The number of unbranched alkanes of at least 4 members (excludes halogenated alkanes) is 1. The van der Waals surface area contributed by atoms with Crippen molar-refractivity contribution in [2.75, 3.05) is 0 Å². The Morgan fingerprint density at radius 1 is 1.11 bits per heavy atom. The second-order valence-corrected chi connectivity index (χ2v) is 8.69. The molecule has 1 aromatic carbocycles. The second-order valence-electron chi connectivity index (χ2n) is 8.69. The maximum Gasteiger partial charge on any atom is 0.492 e. The Morgan fingerprint density at radius 2 is 1.79 bits per heavy atom. The highest BCUT2D eigenvalue weighted by atomic mass is 19.4. The summed E-state index contributed by atoms with van der Waals surface area (Å²) in [5.74, 6) is -2.74. The molecule has 38 heavy (non-hydrogen) atoms. The van der Waals surface area contributed by atoms with Gasteiger partial charge in [0.25, 0.3) is 5.56 Å². The van der Waals surface area contributed by atoms with Crippen LogP contribution in [0.3, 0.4) is 0 Å². The summed E-state index contributed by atoms with van der Waals surface area (Å²) < 4.78 is 46.3. The Hall–Kier alpha value is -3.94. The normalized spacial score (nSPS) is 12.5. The number of ether oxygens (including phenoxy) is 1. The van der Waals surface area contributed by atoms with Crippen molar-refractivity contribution in [3.8, 4) is 0 Å². The van der Waals surface area contributed by atoms with Crippen LogP contribution in [0.4, 0.5) is 13.2 Å². The molecule has 14 heteroatoms. The third kappa shape index (κ3) is 6.88. The molecule has 0 spiro atoms. The lowest BCUT2D eigenvalue weighted by Crippen LogP contribution is -2.39. The summed E-state index contributed by atoms with van der Waals surface area (Å²) in [6.07, 6.45) is -3.89. The van der Waals surface area contributed by atoms with E-state index in [-0.39, 0.29) is 36.2 Å². The fourth-order valence-electron chi connectivity index (χ4n) is 3.95. The van der Waals surface area contributed by atoms with Gasteiger partial charge in [-0.15, -0.1) is 5.48 Å². The van der Waals surface area contributed by atoms with Crippen LogP contribution in [0.15, 0.2) is 39.9 Å². The van der Waals surface area contributed by atoms with E-state index < -0.39 is 35.9 Å². The van der Waals surface area contributed by atoms with Crippen molar-refractivity contribution in [3.63, 3.8) is 0 Å². The quantitative estimate of drug-likeness (QED) is 0.223. The number of hydrogen-bond acceptors (Lipinski definition) is 8. The monoisotopic (exact) mass is 539 g/mol. The van der Waals surface area contributed by atoms with Crippen LogP contribution >= 0.6 is 0 Å². The number of benzene rings is 1. The van der Waals surface area contributed by atoms with Gasteiger partial charge in [-0.25, -0.2) is 14.6 Å². The van der Waals surface area contributed by atoms with Gasteiger partial charge in [-0.2, -0.15) is 13.2 Å². The zero-order valence-corrected chi connectivity index (χ0v) is 21.1. The molecule has 3 rings (SSSR count). The lowest BCUT2D eigenvalue weighted by atomic mass is 10.1. The number of hydroxylamine groups is 1. The first-order chi connectivity index (χ1) is 17.9. The molecule has 0 aliphatic rings. The summed E-state index contributed by atoms with van der Waals surface area (Å²) in [5, 5.41) is 0. The van der Waals surface area contributed by atoms with E-state index in [0.29, 0.717) is 19.3 Å². The molecule has 0 saturated heterocycles. The van der Waals surface area contributed by atoms with Crippen LogP contribution in [0, 0.1) is 0 Å². The highest BCUT2D eigenvalue weighted by molar-refractivity contribution is 5.75. The van der Waals surface area contributed by atoms with Gasteiger partial charge in [0.2, 0.25) is 0 Å². The molecular formula is C24H28F3N5O6. The van der Waals surface area contributed by atoms with Crippen LogP contribution in [0.1, 0.15) is 44.5 Å². The van der Waals surface area contributed by atoms with Gasteiger partial charge in [0.1, 0.15) is 5.82 Å². The fraction of sp³-hybridized carbons (Fsp3) is 0.458. The van der Waals surface area contributed by atoms with Gasteiger partial charge in [0, 0.05) is 27.1 Å². The highest BCUT2D eigenvalue weighted by Crippen LogP contribution is 2.17. The molecule has 0 aliphatic heterocycles. The maximum atomic E-state index is 13.5. The zero-order valence-electron chi connectivity index (χ0n) is 21.1. The number of nitrogens with one attached hydrogen (secondary N) is 1. The number of alkyl halides is 3. The lowest BCUT2D eigenvalue weighted by Gasteiger charge is -2.13. The summed E-state index contributed by atoms with van der Waals surface area (Å²) in [4.78, 5) is 57.0. The zero-order chi connectivity index (χ0) is 28.0. The molecule has 0 bridgehead atoms. The van der Waals surface area contributed by atoms with Crippen LogP contribution in [-0.4, -0.2) is 42.9 Å². The molecule has 2 heterocycles. The molecule has 206 valence electrons. The molecule has 1 unspecified atom stereocenters.